The van der Waals surface area contributed by atoms with Crippen LogP contribution < -0.4 is 0 Å². The molecule has 0 unspecified atom stereocenters. The van der Waals surface area contributed by atoms with Crippen molar-refractivity contribution in [3.8, 4) is 0 Å². The van der Waals surface area contributed by atoms with E-state index in [9.17, 15) is 4.79 Å². The van der Waals surface area contributed by atoms with E-state index in [0.717, 1.165) is 38.5 Å². The van der Waals surface area contributed by atoms with Crippen molar-refractivity contribution >= 4 is 29.4 Å². The molecule has 0 saturated heterocycles. The van der Waals surface area contributed by atoms with Gasteiger partial charge in [0.15, 0.2) is 10.1 Å². The Labute approximate surface area is 118 Å². The zero-order valence-electron chi connectivity index (χ0n) is 10.6. The molecule has 5 heteroatoms. The van der Waals surface area contributed by atoms with E-state index in [1.54, 1.807) is 0 Å². The standard InChI is InChI=1S/C13H20Cl2O3/c14-12(7-3-1-4-8-12)17-11(16)18-13(15)9-5-2-6-10-13/h1-10H2. The van der Waals surface area contributed by atoms with Gasteiger partial charge in [0.1, 0.15) is 0 Å². The molecule has 0 amide bonds. The summed E-state index contributed by atoms with van der Waals surface area (Å²) in [4.78, 5) is 11.8. The van der Waals surface area contributed by atoms with Gasteiger partial charge in [0.2, 0.25) is 0 Å². The highest BCUT2D eigenvalue weighted by molar-refractivity contribution is 6.24. The van der Waals surface area contributed by atoms with Gasteiger partial charge in [-0.05, 0) is 25.7 Å². The third-order valence-corrected chi connectivity index (χ3v) is 4.64. The summed E-state index contributed by atoms with van der Waals surface area (Å²) in [6.45, 7) is 0. The molecule has 2 fully saturated rings. The first-order chi connectivity index (χ1) is 8.52. The van der Waals surface area contributed by atoms with Crippen molar-refractivity contribution in [1.29, 1.82) is 0 Å². The summed E-state index contributed by atoms with van der Waals surface area (Å²) < 4.78 is 10.5. The van der Waals surface area contributed by atoms with E-state index in [2.05, 4.69) is 0 Å². The van der Waals surface area contributed by atoms with Gasteiger partial charge in [-0.1, -0.05) is 36.0 Å². The average Bonchev–Trinajstić information content (AvgIpc) is 2.29. The summed E-state index contributed by atoms with van der Waals surface area (Å²) in [6.07, 6.45) is 8.30. The molecule has 0 heterocycles. The molecule has 0 bridgehead atoms. The Bertz CT molecular complexity index is 267. The van der Waals surface area contributed by atoms with Gasteiger partial charge in [-0.3, -0.25) is 0 Å². The van der Waals surface area contributed by atoms with Crippen LogP contribution in [0.2, 0.25) is 0 Å². The molecule has 0 atom stereocenters. The minimum absolute atomic E-state index is 0.693. The zero-order chi connectivity index (χ0) is 13.1. The minimum Gasteiger partial charge on any atom is -0.412 e. The fourth-order valence-electron chi connectivity index (χ4n) is 2.68. The molecule has 0 radical (unpaired) electrons. The van der Waals surface area contributed by atoms with Gasteiger partial charge in [0, 0.05) is 25.7 Å². The Morgan fingerprint density at radius 2 is 1.06 bits per heavy atom. The van der Waals surface area contributed by atoms with E-state index < -0.39 is 16.3 Å². The number of halogens is 2. The normalized spacial score (nSPS) is 26.3. The summed E-state index contributed by atoms with van der Waals surface area (Å²) in [5.74, 6) is 0. The van der Waals surface area contributed by atoms with Crippen molar-refractivity contribution in [1.82, 2.24) is 0 Å². The lowest BCUT2D eigenvalue weighted by Crippen LogP contribution is -2.37. The number of alkyl halides is 2. The molecule has 0 aromatic heterocycles. The van der Waals surface area contributed by atoms with E-state index in [4.69, 9.17) is 32.7 Å². The van der Waals surface area contributed by atoms with Gasteiger partial charge < -0.3 is 9.47 Å². The SMILES string of the molecule is O=C(OC1(Cl)CCCCC1)OC1(Cl)CCCCC1. The molecule has 0 aliphatic heterocycles. The average molecular weight is 295 g/mol. The number of hydrogen-bond acceptors (Lipinski definition) is 3. The highest BCUT2D eigenvalue weighted by Crippen LogP contribution is 2.38. The molecular weight excluding hydrogens is 275 g/mol. The highest BCUT2D eigenvalue weighted by atomic mass is 35.5. The molecule has 18 heavy (non-hydrogen) atoms. The third kappa shape index (κ3) is 3.92. The first-order valence-electron chi connectivity index (χ1n) is 6.81. The largest absolute Gasteiger partial charge is 0.511 e. The predicted octanol–water partition coefficient (Wildman–Crippen LogP) is 4.94. The van der Waals surface area contributed by atoms with Crippen molar-refractivity contribution in [3.63, 3.8) is 0 Å². The Kier molecular flexibility index (Phi) is 4.65. The van der Waals surface area contributed by atoms with E-state index in [1.165, 1.54) is 0 Å². The Morgan fingerprint density at radius 3 is 1.39 bits per heavy atom. The van der Waals surface area contributed by atoms with Gasteiger partial charge in [-0.15, -0.1) is 0 Å². The van der Waals surface area contributed by atoms with E-state index in [0.29, 0.717) is 25.7 Å². The van der Waals surface area contributed by atoms with E-state index in [1.807, 2.05) is 0 Å². The highest BCUT2D eigenvalue weighted by Gasteiger charge is 2.39. The molecule has 2 aliphatic carbocycles. The second-order valence-electron chi connectivity index (χ2n) is 5.34. The number of hydrogen-bond donors (Lipinski definition) is 0. The van der Waals surface area contributed by atoms with Crippen LogP contribution in [0.15, 0.2) is 0 Å². The molecule has 0 aromatic rings. The molecule has 104 valence electrons. The number of carbonyl (C=O) groups is 1. The van der Waals surface area contributed by atoms with Gasteiger partial charge >= 0.3 is 6.16 Å². The van der Waals surface area contributed by atoms with Crippen molar-refractivity contribution in [2.75, 3.05) is 0 Å². The second-order valence-corrected chi connectivity index (χ2v) is 6.72. The fraction of sp³-hybridized carbons (Fsp3) is 0.923. The van der Waals surface area contributed by atoms with Crippen molar-refractivity contribution < 1.29 is 14.3 Å². The van der Waals surface area contributed by atoms with Crippen LogP contribution in [0.1, 0.15) is 64.2 Å². The maximum absolute atomic E-state index is 11.8. The van der Waals surface area contributed by atoms with Crippen LogP contribution in [-0.2, 0) is 9.47 Å². The quantitative estimate of drug-likeness (QED) is 0.535. The first-order valence-corrected chi connectivity index (χ1v) is 7.57. The summed E-state index contributed by atoms with van der Waals surface area (Å²) in [6, 6.07) is 0. The summed E-state index contributed by atoms with van der Waals surface area (Å²) >= 11 is 12.5. The number of rotatable bonds is 2. The minimum atomic E-state index is -0.878. The molecule has 3 nitrogen and oxygen atoms in total. The fourth-order valence-corrected chi connectivity index (χ4v) is 3.34. The van der Waals surface area contributed by atoms with Gasteiger partial charge in [-0.25, -0.2) is 4.79 Å². The summed E-state index contributed by atoms with van der Waals surface area (Å²) in [5.41, 5.74) is 0. The Balaban J connectivity index is 1.83. The topological polar surface area (TPSA) is 35.5 Å². The van der Waals surface area contributed by atoms with Crippen LogP contribution in [0.5, 0.6) is 0 Å². The van der Waals surface area contributed by atoms with Crippen LogP contribution in [0, 0.1) is 0 Å². The van der Waals surface area contributed by atoms with Gasteiger partial charge in [0.25, 0.3) is 0 Å². The van der Waals surface area contributed by atoms with E-state index in [-0.39, 0.29) is 0 Å². The maximum atomic E-state index is 11.8. The van der Waals surface area contributed by atoms with Crippen molar-refractivity contribution in [3.05, 3.63) is 0 Å². The summed E-state index contributed by atoms with van der Waals surface area (Å²) in [7, 11) is 0. The zero-order valence-corrected chi connectivity index (χ0v) is 12.1. The second kappa shape index (κ2) is 5.87. The monoisotopic (exact) mass is 294 g/mol. The first kappa shape index (κ1) is 14.3. The van der Waals surface area contributed by atoms with Crippen LogP contribution in [0.3, 0.4) is 0 Å². The molecule has 0 spiro atoms. The Morgan fingerprint density at radius 1 is 0.722 bits per heavy atom. The lowest BCUT2D eigenvalue weighted by molar-refractivity contribution is -0.0474. The van der Waals surface area contributed by atoms with Crippen LogP contribution >= 0.6 is 23.2 Å². The summed E-state index contributed by atoms with van der Waals surface area (Å²) in [5, 5.41) is -1.76. The van der Waals surface area contributed by atoms with Crippen LogP contribution in [0.4, 0.5) is 4.79 Å². The molecule has 2 rings (SSSR count). The molecule has 0 N–H and O–H groups in total. The number of carbonyl (C=O) groups excluding carboxylic acids is 1. The smallest absolute Gasteiger partial charge is 0.412 e. The van der Waals surface area contributed by atoms with E-state index >= 15 is 0 Å². The van der Waals surface area contributed by atoms with Gasteiger partial charge in [-0.2, -0.15) is 0 Å². The Hall–Kier alpha value is -0.150. The maximum Gasteiger partial charge on any atom is 0.511 e. The lowest BCUT2D eigenvalue weighted by atomic mass is 9.97. The van der Waals surface area contributed by atoms with Crippen molar-refractivity contribution in [2.24, 2.45) is 0 Å². The van der Waals surface area contributed by atoms with Crippen LogP contribution in [0.25, 0.3) is 0 Å². The van der Waals surface area contributed by atoms with Gasteiger partial charge in [0.05, 0.1) is 0 Å². The number of ether oxygens (including phenoxy) is 2. The van der Waals surface area contributed by atoms with Crippen LogP contribution in [-0.4, -0.2) is 16.3 Å². The molecule has 2 aliphatic rings. The third-order valence-electron chi connectivity index (χ3n) is 3.73. The van der Waals surface area contributed by atoms with Crippen molar-refractivity contribution in [2.45, 2.75) is 74.3 Å². The molecule has 2 saturated carbocycles. The molecule has 0 aromatic carbocycles. The lowest BCUT2D eigenvalue weighted by Gasteiger charge is -2.34. The predicted molar refractivity (Wildman–Crippen MR) is 70.9 cm³/mol. The molecular formula is C13H20Cl2O3.